The Bertz CT molecular complexity index is 1070. The van der Waals surface area contributed by atoms with E-state index < -0.39 is 0 Å². The largest absolute Gasteiger partial charge is 0.466 e. The molecule has 0 radical (unpaired) electrons. The quantitative estimate of drug-likeness (QED) is 0.615. The fourth-order valence-electron chi connectivity index (χ4n) is 3.94. The summed E-state index contributed by atoms with van der Waals surface area (Å²) in [6.07, 6.45) is 4.70. The Hall–Kier alpha value is -3.28. The van der Waals surface area contributed by atoms with Gasteiger partial charge in [0, 0.05) is 36.4 Å². The van der Waals surface area contributed by atoms with Crippen molar-refractivity contribution in [2.24, 2.45) is 5.92 Å². The molecule has 1 fully saturated rings. The van der Waals surface area contributed by atoms with Gasteiger partial charge in [-0.25, -0.2) is 4.98 Å². The van der Waals surface area contributed by atoms with Crippen molar-refractivity contribution in [2.75, 3.05) is 19.7 Å². The van der Waals surface area contributed by atoms with Crippen LogP contribution in [0, 0.1) is 12.8 Å². The van der Waals surface area contributed by atoms with Gasteiger partial charge in [0.25, 0.3) is 5.91 Å². The third-order valence-corrected chi connectivity index (χ3v) is 5.57. The molecule has 30 heavy (non-hydrogen) atoms. The zero-order chi connectivity index (χ0) is 21.1. The lowest BCUT2D eigenvalue weighted by Crippen LogP contribution is -2.40. The molecule has 3 aromatic rings. The first-order chi connectivity index (χ1) is 14.6. The first-order valence-corrected chi connectivity index (χ1v) is 10.3. The highest BCUT2D eigenvalue weighted by atomic mass is 16.5. The maximum absolute atomic E-state index is 13.5. The van der Waals surface area contributed by atoms with Crippen LogP contribution in [0.2, 0.25) is 0 Å². The van der Waals surface area contributed by atoms with Gasteiger partial charge in [0.15, 0.2) is 0 Å². The van der Waals surface area contributed by atoms with Crippen LogP contribution in [0.1, 0.15) is 35.7 Å². The number of hydrogen-bond acceptors (Lipinski definition) is 5. The Morgan fingerprint density at radius 3 is 2.53 bits per heavy atom. The predicted octanol–water partition coefficient (Wildman–Crippen LogP) is 4.02. The van der Waals surface area contributed by atoms with Crippen LogP contribution >= 0.6 is 0 Å². The number of amides is 1. The molecule has 0 atom stereocenters. The second-order valence-electron chi connectivity index (χ2n) is 7.63. The lowest BCUT2D eigenvalue weighted by molar-refractivity contribution is -0.149. The fourth-order valence-corrected chi connectivity index (χ4v) is 3.94. The number of likely N-dealkylation sites (tertiary alicyclic amines) is 1. The highest BCUT2D eigenvalue weighted by Gasteiger charge is 2.29. The number of esters is 1. The smallest absolute Gasteiger partial charge is 0.309 e. The summed E-state index contributed by atoms with van der Waals surface area (Å²) >= 11 is 0. The first-order valence-electron chi connectivity index (χ1n) is 10.3. The summed E-state index contributed by atoms with van der Waals surface area (Å²) < 4.78 is 5.14. The molecule has 2 aromatic heterocycles. The van der Waals surface area contributed by atoms with E-state index in [0.29, 0.717) is 38.1 Å². The van der Waals surface area contributed by atoms with E-state index in [2.05, 4.69) is 4.98 Å². The summed E-state index contributed by atoms with van der Waals surface area (Å²) in [5.74, 6) is -0.307. The van der Waals surface area contributed by atoms with Crippen molar-refractivity contribution in [3.05, 3.63) is 59.9 Å². The number of fused-ring (bicyclic) bond motifs is 1. The van der Waals surface area contributed by atoms with Gasteiger partial charge in [-0.2, -0.15) is 0 Å². The van der Waals surface area contributed by atoms with Crippen LogP contribution in [0.4, 0.5) is 0 Å². The molecular formula is C24H25N3O3. The van der Waals surface area contributed by atoms with Crippen molar-refractivity contribution >= 4 is 22.8 Å². The number of piperidine rings is 1. The minimum absolute atomic E-state index is 0.0226. The molecule has 1 aromatic carbocycles. The molecule has 1 saturated heterocycles. The van der Waals surface area contributed by atoms with Crippen LogP contribution < -0.4 is 0 Å². The van der Waals surface area contributed by atoms with Crippen LogP contribution in [0.5, 0.6) is 0 Å². The van der Waals surface area contributed by atoms with Gasteiger partial charge in [0.2, 0.25) is 0 Å². The minimum Gasteiger partial charge on any atom is -0.466 e. The van der Waals surface area contributed by atoms with Crippen molar-refractivity contribution in [2.45, 2.75) is 26.7 Å². The van der Waals surface area contributed by atoms with E-state index in [4.69, 9.17) is 9.72 Å². The summed E-state index contributed by atoms with van der Waals surface area (Å²) in [5.41, 5.74) is 4.18. The van der Waals surface area contributed by atoms with E-state index in [9.17, 15) is 9.59 Å². The topological polar surface area (TPSA) is 72.4 Å². The van der Waals surface area contributed by atoms with Crippen molar-refractivity contribution < 1.29 is 14.3 Å². The Morgan fingerprint density at radius 2 is 1.83 bits per heavy atom. The van der Waals surface area contributed by atoms with Gasteiger partial charge in [-0.05, 0) is 57.0 Å². The molecule has 3 heterocycles. The Balaban J connectivity index is 1.66. The van der Waals surface area contributed by atoms with Gasteiger partial charge >= 0.3 is 5.97 Å². The molecule has 0 saturated carbocycles. The van der Waals surface area contributed by atoms with Gasteiger partial charge in [-0.3, -0.25) is 14.6 Å². The van der Waals surface area contributed by atoms with E-state index in [0.717, 1.165) is 27.7 Å². The number of ether oxygens (including phenoxy) is 1. The van der Waals surface area contributed by atoms with E-state index in [1.807, 2.05) is 55.1 Å². The summed E-state index contributed by atoms with van der Waals surface area (Å²) in [6.45, 7) is 5.30. The number of hydrogen-bond donors (Lipinski definition) is 0. The predicted molar refractivity (Wildman–Crippen MR) is 115 cm³/mol. The van der Waals surface area contributed by atoms with Crippen molar-refractivity contribution in [3.8, 4) is 11.3 Å². The van der Waals surface area contributed by atoms with Crippen LogP contribution in [-0.4, -0.2) is 46.4 Å². The maximum Gasteiger partial charge on any atom is 0.309 e. The molecule has 0 N–H and O–H groups in total. The number of benzene rings is 1. The fraction of sp³-hybridized carbons (Fsp3) is 0.333. The number of pyridine rings is 2. The van der Waals surface area contributed by atoms with Crippen molar-refractivity contribution in [3.63, 3.8) is 0 Å². The molecule has 0 bridgehead atoms. The second-order valence-corrected chi connectivity index (χ2v) is 7.63. The highest BCUT2D eigenvalue weighted by molar-refractivity contribution is 6.07. The Kier molecular flexibility index (Phi) is 5.74. The maximum atomic E-state index is 13.5. The monoisotopic (exact) mass is 403 g/mol. The molecular weight excluding hydrogens is 378 g/mol. The minimum atomic E-state index is -0.158. The molecule has 6 nitrogen and oxygen atoms in total. The zero-order valence-corrected chi connectivity index (χ0v) is 17.3. The molecule has 4 rings (SSSR count). The van der Waals surface area contributed by atoms with Gasteiger partial charge in [0.1, 0.15) is 0 Å². The van der Waals surface area contributed by atoms with Gasteiger partial charge in [-0.1, -0.05) is 11.6 Å². The zero-order valence-electron chi connectivity index (χ0n) is 17.3. The lowest BCUT2D eigenvalue weighted by Gasteiger charge is -2.31. The van der Waals surface area contributed by atoms with Crippen molar-refractivity contribution in [1.82, 2.24) is 14.9 Å². The number of nitrogens with zero attached hydrogens (tertiary/aromatic N) is 3. The van der Waals surface area contributed by atoms with Gasteiger partial charge in [-0.15, -0.1) is 0 Å². The van der Waals surface area contributed by atoms with Gasteiger partial charge < -0.3 is 9.64 Å². The summed E-state index contributed by atoms with van der Waals surface area (Å²) in [7, 11) is 0. The Morgan fingerprint density at radius 1 is 1.10 bits per heavy atom. The number of aromatic nitrogens is 2. The molecule has 1 aliphatic heterocycles. The number of rotatable bonds is 4. The van der Waals surface area contributed by atoms with Crippen molar-refractivity contribution in [1.29, 1.82) is 0 Å². The standard InChI is InChI=1S/C24H25N3O3/c1-3-30-24(29)18-8-12-27(13-9-18)23(28)20-15-22(17-6-10-25-11-7-17)26-21-5-4-16(2)14-19(20)21/h4-7,10-11,14-15,18H,3,8-9,12-13H2,1-2H3. The second kappa shape index (κ2) is 8.61. The highest BCUT2D eigenvalue weighted by Crippen LogP contribution is 2.28. The molecule has 154 valence electrons. The lowest BCUT2D eigenvalue weighted by atomic mass is 9.95. The Labute approximate surface area is 175 Å². The molecule has 0 spiro atoms. The van der Waals surface area contributed by atoms with Crippen LogP contribution in [0.3, 0.4) is 0 Å². The van der Waals surface area contributed by atoms with E-state index in [1.165, 1.54) is 0 Å². The number of carbonyl (C=O) groups is 2. The number of carbonyl (C=O) groups excluding carboxylic acids is 2. The SMILES string of the molecule is CCOC(=O)C1CCN(C(=O)c2cc(-c3ccncc3)nc3ccc(C)cc23)CC1. The van der Waals surface area contributed by atoms with E-state index in [1.54, 1.807) is 12.4 Å². The molecule has 1 amide bonds. The summed E-state index contributed by atoms with van der Waals surface area (Å²) in [4.78, 5) is 36.2. The number of aryl methyl sites for hydroxylation is 1. The molecule has 1 aliphatic rings. The average Bonchev–Trinajstić information content (AvgIpc) is 2.79. The van der Waals surface area contributed by atoms with Gasteiger partial charge in [0.05, 0.1) is 29.3 Å². The summed E-state index contributed by atoms with van der Waals surface area (Å²) in [6, 6.07) is 11.6. The van der Waals surface area contributed by atoms with Crippen LogP contribution in [0.25, 0.3) is 22.2 Å². The molecule has 0 aliphatic carbocycles. The first kappa shape index (κ1) is 20.0. The normalized spacial score (nSPS) is 14.7. The van der Waals surface area contributed by atoms with Crippen LogP contribution in [0.15, 0.2) is 48.8 Å². The average molecular weight is 403 g/mol. The molecule has 6 heteroatoms. The summed E-state index contributed by atoms with van der Waals surface area (Å²) in [5, 5.41) is 0.852. The third kappa shape index (κ3) is 4.03. The van der Waals surface area contributed by atoms with Crippen LogP contribution in [-0.2, 0) is 9.53 Å². The molecule has 0 unspecified atom stereocenters. The third-order valence-electron chi connectivity index (χ3n) is 5.57. The van der Waals surface area contributed by atoms with E-state index in [-0.39, 0.29) is 17.8 Å². The van der Waals surface area contributed by atoms with E-state index >= 15 is 0 Å².